The van der Waals surface area contributed by atoms with Gasteiger partial charge in [-0.3, -0.25) is 0 Å². The molecule has 1 N–H and O–H groups in total. The lowest BCUT2D eigenvalue weighted by atomic mass is 9.53. The van der Waals surface area contributed by atoms with Gasteiger partial charge in [0.25, 0.3) is 0 Å². The lowest BCUT2D eigenvalue weighted by molar-refractivity contribution is -0.0191. The topological polar surface area (TPSA) is 20.2 Å². The zero-order valence-corrected chi connectivity index (χ0v) is 18.6. The molecule has 1 heteroatoms. The van der Waals surface area contributed by atoms with E-state index in [9.17, 15) is 5.11 Å². The number of hydrogen-bond acceptors (Lipinski definition) is 1. The minimum Gasteiger partial charge on any atom is -0.393 e. The van der Waals surface area contributed by atoms with Crippen LogP contribution in [-0.2, 0) is 0 Å². The van der Waals surface area contributed by atoms with Crippen molar-refractivity contribution >= 4 is 0 Å². The fourth-order valence-corrected chi connectivity index (χ4v) is 8.33. The van der Waals surface area contributed by atoms with Crippen molar-refractivity contribution in [2.24, 2.45) is 46.3 Å². The van der Waals surface area contributed by atoms with E-state index in [0.717, 1.165) is 48.3 Å². The molecule has 0 aromatic rings. The molecule has 1 nitrogen and oxygen atoms in total. The highest BCUT2D eigenvalue weighted by Crippen LogP contribution is 2.68. The summed E-state index contributed by atoms with van der Waals surface area (Å²) >= 11 is 0. The van der Waals surface area contributed by atoms with Gasteiger partial charge in [0, 0.05) is 0 Å². The number of aliphatic hydroxyl groups excluding tert-OH is 1. The van der Waals surface area contributed by atoms with Crippen LogP contribution in [0.1, 0.15) is 98.8 Å². The number of allylic oxidation sites excluding steroid dienone is 1. The Labute approximate surface area is 168 Å². The van der Waals surface area contributed by atoms with Crippen molar-refractivity contribution < 1.29 is 5.11 Å². The summed E-state index contributed by atoms with van der Waals surface area (Å²) in [4.78, 5) is 0. The van der Waals surface area contributed by atoms with Crippen LogP contribution < -0.4 is 0 Å². The third kappa shape index (κ3) is 3.24. The molecule has 0 bridgehead atoms. The van der Waals surface area contributed by atoms with Crippen LogP contribution in [0.2, 0.25) is 0 Å². The van der Waals surface area contributed by atoms with Gasteiger partial charge in [0.05, 0.1) is 6.10 Å². The quantitative estimate of drug-likeness (QED) is 0.515. The summed E-state index contributed by atoms with van der Waals surface area (Å²) in [5, 5.41) is 10.2. The van der Waals surface area contributed by atoms with Gasteiger partial charge in [-0.1, -0.05) is 65.5 Å². The molecule has 0 unspecified atom stereocenters. The normalized spacial score (nSPS) is 47.4. The van der Waals surface area contributed by atoms with E-state index in [2.05, 4.69) is 40.7 Å². The first-order chi connectivity index (χ1) is 12.8. The lowest BCUT2D eigenvalue weighted by Crippen LogP contribution is -2.45. The van der Waals surface area contributed by atoms with Crippen LogP contribution in [0, 0.1) is 46.3 Å². The predicted molar refractivity (Wildman–Crippen MR) is 114 cm³/mol. The average Bonchev–Trinajstić information content (AvgIpc) is 3.09. The molecule has 0 spiro atoms. The summed E-state index contributed by atoms with van der Waals surface area (Å²) in [5.41, 5.74) is 2.61. The molecule has 4 aliphatic rings. The van der Waals surface area contributed by atoms with E-state index in [1.165, 1.54) is 51.4 Å². The molecule has 8 atom stereocenters. The Hall–Kier alpha value is -0.300. The second-order valence-corrected chi connectivity index (χ2v) is 11.8. The Morgan fingerprint density at radius 3 is 2.52 bits per heavy atom. The van der Waals surface area contributed by atoms with Crippen LogP contribution in [0.3, 0.4) is 0 Å². The number of aliphatic hydroxyl groups is 1. The van der Waals surface area contributed by atoms with E-state index < -0.39 is 0 Å². The zero-order valence-electron chi connectivity index (χ0n) is 18.6. The highest BCUT2D eigenvalue weighted by atomic mass is 16.3. The second-order valence-electron chi connectivity index (χ2n) is 11.8. The summed E-state index contributed by atoms with van der Waals surface area (Å²) in [6.45, 7) is 12.5. The molecule has 3 saturated carbocycles. The fraction of sp³-hybridized carbons (Fsp3) is 0.923. The molecular formula is C26H44O. The molecule has 0 aliphatic heterocycles. The van der Waals surface area contributed by atoms with Gasteiger partial charge >= 0.3 is 0 Å². The van der Waals surface area contributed by atoms with Crippen LogP contribution >= 0.6 is 0 Å². The lowest BCUT2D eigenvalue weighted by Gasteiger charge is -2.52. The minimum atomic E-state index is -0.0758. The van der Waals surface area contributed by atoms with Crippen molar-refractivity contribution in [3.05, 3.63) is 11.6 Å². The van der Waals surface area contributed by atoms with Crippen molar-refractivity contribution in [3.8, 4) is 0 Å². The van der Waals surface area contributed by atoms with Crippen molar-refractivity contribution in [1.82, 2.24) is 0 Å². The van der Waals surface area contributed by atoms with Crippen LogP contribution in [0.15, 0.2) is 11.6 Å². The molecule has 0 amide bonds. The van der Waals surface area contributed by atoms with Gasteiger partial charge in [-0.2, -0.15) is 0 Å². The first-order valence-corrected chi connectivity index (χ1v) is 12.1. The van der Waals surface area contributed by atoms with Gasteiger partial charge in [-0.25, -0.2) is 0 Å². The van der Waals surface area contributed by atoms with Crippen LogP contribution in [-0.4, -0.2) is 11.2 Å². The summed E-state index contributed by atoms with van der Waals surface area (Å²) < 4.78 is 0. The Bertz CT molecular complexity index is 577. The standard InChI is InChI=1S/C26H44O/c1-17(2)7-6-8-18(3)22-9-10-23-21-16-19-15-20(27)11-13-25(19,4)24(21)12-14-26(22,23)5/h16-18,20-24,27H,6-15H2,1-5H3/t18-,20-,21+,22-,23-,24+,25-,26+/m0/s1. The fourth-order valence-electron chi connectivity index (χ4n) is 8.33. The van der Waals surface area contributed by atoms with Crippen molar-refractivity contribution in [3.63, 3.8) is 0 Å². The van der Waals surface area contributed by atoms with E-state index in [-0.39, 0.29) is 6.10 Å². The molecule has 0 heterocycles. The monoisotopic (exact) mass is 372 g/mol. The molecule has 27 heavy (non-hydrogen) atoms. The van der Waals surface area contributed by atoms with Crippen LogP contribution in [0.25, 0.3) is 0 Å². The summed E-state index contributed by atoms with van der Waals surface area (Å²) in [7, 11) is 0. The Morgan fingerprint density at radius 1 is 1.00 bits per heavy atom. The largest absolute Gasteiger partial charge is 0.393 e. The van der Waals surface area contributed by atoms with E-state index >= 15 is 0 Å². The van der Waals surface area contributed by atoms with E-state index in [4.69, 9.17) is 0 Å². The molecule has 154 valence electrons. The van der Waals surface area contributed by atoms with E-state index in [0.29, 0.717) is 10.8 Å². The van der Waals surface area contributed by atoms with Crippen molar-refractivity contribution in [1.29, 1.82) is 0 Å². The summed E-state index contributed by atoms with van der Waals surface area (Å²) in [6.07, 6.45) is 15.9. The average molecular weight is 373 g/mol. The van der Waals surface area contributed by atoms with Gasteiger partial charge in [0.1, 0.15) is 0 Å². The van der Waals surface area contributed by atoms with E-state index in [1.54, 1.807) is 5.57 Å². The zero-order chi connectivity index (χ0) is 19.4. The van der Waals surface area contributed by atoms with Gasteiger partial charge in [0.2, 0.25) is 0 Å². The van der Waals surface area contributed by atoms with Crippen molar-refractivity contribution in [2.75, 3.05) is 0 Å². The summed E-state index contributed by atoms with van der Waals surface area (Å²) in [5.74, 6) is 5.26. The number of rotatable bonds is 5. The Balaban J connectivity index is 1.49. The van der Waals surface area contributed by atoms with E-state index in [1.807, 2.05) is 0 Å². The molecule has 0 aromatic carbocycles. The maximum absolute atomic E-state index is 10.2. The molecule has 4 aliphatic carbocycles. The van der Waals surface area contributed by atoms with Gasteiger partial charge < -0.3 is 5.11 Å². The SMILES string of the molecule is CC(C)CCC[C@H](C)[C@@H]1CC[C@H]2[C@H]3C=C4C[C@@H](O)CC[C@]4(C)[C@@H]3CC[C@@]21C. The molecule has 0 saturated heterocycles. The number of fused-ring (bicyclic) bond motifs is 5. The van der Waals surface area contributed by atoms with Gasteiger partial charge in [-0.15, -0.1) is 0 Å². The highest BCUT2D eigenvalue weighted by Gasteiger charge is 2.60. The van der Waals surface area contributed by atoms with Gasteiger partial charge in [0.15, 0.2) is 0 Å². The van der Waals surface area contributed by atoms with Gasteiger partial charge in [-0.05, 0) is 91.3 Å². The third-order valence-electron chi connectivity index (χ3n) is 9.93. The highest BCUT2D eigenvalue weighted by molar-refractivity contribution is 5.30. The smallest absolute Gasteiger partial charge is 0.0577 e. The van der Waals surface area contributed by atoms with Crippen LogP contribution in [0.4, 0.5) is 0 Å². The van der Waals surface area contributed by atoms with Crippen LogP contribution in [0.5, 0.6) is 0 Å². The molecule has 3 fully saturated rings. The molecule has 4 rings (SSSR count). The Morgan fingerprint density at radius 2 is 1.78 bits per heavy atom. The molecule has 0 aromatic heterocycles. The first-order valence-electron chi connectivity index (χ1n) is 12.1. The van der Waals surface area contributed by atoms with Crippen molar-refractivity contribution in [2.45, 2.75) is 105 Å². The first kappa shape index (κ1) is 20.0. The molecule has 0 radical (unpaired) electrons. The number of hydrogen-bond donors (Lipinski definition) is 1. The summed E-state index contributed by atoms with van der Waals surface area (Å²) in [6, 6.07) is 0. The maximum Gasteiger partial charge on any atom is 0.0577 e. The minimum absolute atomic E-state index is 0.0758. The Kier molecular flexibility index (Phi) is 5.32. The third-order valence-corrected chi connectivity index (χ3v) is 9.93. The maximum atomic E-state index is 10.2. The second kappa shape index (κ2) is 7.19. The molecular weight excluding hydrogens is 328 g/mol. The predicted octanol–water partition coefficient (Wildman–Crippen LogP) is 7.00.